The van der Waals surface area contributed by atoms with E-state index in [-0.39, 0.29) is 6.54 Å². The Labute approximate surface area is 180 Å². The molecular weight excluding hydrogens is 407 g/mol. The van der Waals surface area contributed by atoms with Crippen molar-refractivity contribution in [1.82, 2.24) is 19.8 Å². The zero-order chi connectivity index (χ0) is 22.5. The minimum absolute atomic E-state index is 0.197. The van der Waals surface area contributed by atoms with E-state index in [2.05, 4.69) is 33.5 Å². The fraction of sp³-hybridized carbons (Fsp3) is 0.455. The maximum Gasteiger partial charge on any atom is 0.424 e. The average molecular weight is 435 g/mol. The van der Waals surface area contributed by atoms with E-state index in [0.717, 1.165) is 6.42 Å². The topological polar surface area (TPSA) is 65.7 Å². The van der Waals surface area contributed by atoms with Crippen molar-refractivity contribution >= 4 is 11.5 Å². The van der Waals surface area contributed by atoms with Gasteiger partial charge in [-0.3, -0.25) is 4.99 Å². The first-order valence-corrected chi connectivity index (χ1v) is 10.3. The van der Waals surface area contributed by atoms with Crippen molar-refractivity contribution in [2.45, 2.75) is 31.5 Å². The number of hydrogen-bond acceptors (Lipinski definition) is 3. The van der Waals surface area contributed by atoms with Gasteiger partial charge >= 0.3 is 6.18 Å². The Balaban J connectivity index is 1.72. The molecule has 6 nitrogen and oxygen atoms in total. The highest BCUT2D eigenvalue weighted by Gasteiger charge is 2.57. The highest BCUT2D eigenvalue weighted by molar-refractivity contribution is 5.81. The lowest BCUT2D eigenvalue weighted by Crippen LogP contribution is -2.46. The van der Waals surface area contributed by atoms with Crippen molar-refractivity contribution in [2.75, 3.05) is 26.2 Å². The van der Waals surface area contributed by atoms with Gasteiger partial charge in [0.1, 0.15) is 5.82 Å². The van der Waals surface area contributed by atoms with Crippen LogP contribution in [0.5, 0.6) is 0 Å². The van der Waals surface area contributed by atoms with Crippen LogP contribution in [0.4, 0.5) is 13.2 Å². The van der Waals surface area contributed by atoms with Gasteiger partial charge in [-0.05, 0) is 24.5 Å². The van der Waals surface area contributed by atoms with Crippen molar-refractivity contribution in [3.05, 3.63) is 60.2 Å². The molecule has 2 heterocycles. The van der Waals surface area contributed by atoms with E-state index in [1.165, 1.54) is 35.1 Å². The summed E-state index contributed by atoms with van der Waals surface area (Å²) in [7, 11) is 1.43. The molecule has 0 saturated carbocycles. The van der Waals surface area contributed by atoms with Gasteiger partial charge in [0.25, 0.3) is 0 Å². The molecule has 0 amide bonds. The second kappa shape index (κ2) is 9.55. The molecule has 2 N–H and O–H groups in total. The molecule has 3 rings (SSSR count). The van der Waals surface area contributed by atoms with Crippen LogP contribution in [0.1, 0.15) is 31.2 Å². The summed E-state index contributed by atoms with van der Waals surface area (Å²) in [5.74, 6) is 0.101. The van der Waals surface area contributed by atoms with Crippen LogP contribution in [0, 0.1) is 0 Å². The van der Waals surface area contributed by atoms with Gasteiger partial charge < -0.3 is 19.9 Å². The number of aromatic nitrogens is 2. The normalized spacial score (nSPS) is 17.3. The number of imidazole rings is 1. The first-order valence-electron chi connectivity index (χ1n) is 10.3. The monoisotopic (exact) mass is 435 g/mol. The number of aliphatic hydroxyl groups is 1. The number of alkyl halides is 3. The molecule has 1 unspecified atom stereocenters. The highest BCUT2D eigenvalue weighted by Crippen LogP contribution is 2.40. The lowest BCUT2D eigenvalue weighted by molar-refractivity contribution is -0.272. The molecule has 1 atom stereocenters. The van der Waals surface area contributed by atoms with Gasteiger partial charge in [0.2, 0.25) is 5.60 Å². The Morgan fingerprint density at radius 2 is 2.00 bits per heavy atom. The number of aliphatic imine (C=N–C) groups is 1. The second-order valence-corrected chi connectivity index (χ2v) is 7.50. The minimum atomic E-state index is -4.86. The van der Waals surface area contributed by atoms with Crippen molar-refractivity contribution in [1.29, 1.82) is 0 Å². The lowest BCUT2D eigenvalue weighted by Gasteiger charge is -2.31. The molecule has 31 heavy (non-hydrogen) atoms. The molecule has 0 saturated heterocycles. The first kappa shape index (κ1) is 22.9. The molecular formula is C22H28F3N5O. The average Bonchev–Trinajstić information content (AvgIpc) is 3.19. The molecule has 0 aliphatic carbocycles. The van der Waals surface area contributed by atoms with Crippen LogP contribution in [-0.2, 0) is 12.6 Å². The van der Waals surface area contributed by atoms with Gasteiger partial charge in [-0.25, -0.2) is 4.98 Å². The van der Waals surface area contributed by atoms with Crippen LogP contribution >= 0.6 is 0 Å². The van der Waals surface area contributed by atoms with E-state index in [1.54, 1.807) is 0 Å². The standard InChI is InChI=1S/C22H28F3N5O/c1-3-26-20(30-14-9-18(10-15-30)17-7-5-4-6-8-17)28-12-11-21(31,22(23,24)25)19-27-13-16-29(19)2/h4-9,13,16,31H,3,10-12,14-15H2,1-2H3,(H,26,28). The Morgan fingerprint density at radius 1 is 1.26 bits per heavy atom. The molecule has 0 fully saturated rings. The molecule has 0 spiro atoms. The number of rotatable bonds is 6. The predicted octanol–water partition coefficient (Wildman–Crippen LogP) is 3.31. The number of aryl methyl sites for hydroxylation is 1. The third-order valence-electron chi connectivity index (χ3n) is 5.38. The summed E-state index contributed by atoms with van der Waals surface area (Å²) in [4.78, 5) is 10.1. The van der Waals surface area contributed by atoms with E-state index in [4.69, 9.17) is 0 Å². The summed E-state index contributed by atoms with van der Waals surface area (Å²) in [6.45, 7) is 3.61. The van der Waals surface area contributed by atoms with Gasteiger partial charge in [-0.1, -0.05) is 36.4 Å². The van der Waals surface area contributed by atoms with Crippen molar-refractivity contribution in [2.24, 2.45) is 12.0 Å². The van der Waals surface area contributed by atoms with Crippen LogP contribution in [0.3, 0.4) is 0 Å². The molecule has 2 aromatic rings. The Bertz CT molecular complexity index is 923. The summed E-state index contributed by atoms with van der Waals surface area (Å²) in [6, 6.07) is 10.1. The van der Waals surface area contributed by atoms with Crippen LogP contribution in [0.25, 0.3) is 5.57 Å². The SMILES string of the molecule is CCNC(=NCCC(O)(c1nccn1C)C(F)(F)F)N1CC=C(c2ccccc2)CC1. The number of nitrogens with zero attached hydrogens (tertiary/aromatic N) is 4. The third kappa shape index (κ3) is 5.10. The number of benzene rings is 1. The van der Waals surface area contributed by atoms with Crippen LogP contribution in [-0.4, -0.2) is 57.9 Å². The molecule has 1 aliphatic rings. The molecule has 0 bridgehead atoms. The van der Waals surface area contributed by atoms with Gasteiger partial charge in [0.15, 0.2) is 5.96 Å². The summed E-state index contributed by atoms with van der Waals surface area (Å²) < 4.78 is 42.3. The number of nitrogens with one attached hydrogen (secondary N) is 1. The highest BCUT2D eigenvalue weighted by atomic mass is 19.4. The summed E-state index contributed by atoms with van der Waals surface area (Å²) in [5.41, 5.74) is -0.641. The minimum Gasteiger partial charge on any atom is -0.374 e. The molecule has 1 aromatic heterocycles. The van der Waals surface area contributed by atoms with E-state index in [1.807, 2.05) is 30.0 Å². The summed E-state index contributed by atoms with van der Waals surface area (Å²) >= 11 is 0. The van der Waals surface area contributed by atoms with Crippen LogP contribution in [0.2, 0.25) is 0 Å². The molecule has 1 aliphatic heterocycles. The van der Waals surface area contributed by atoms with E-state index < -0.39 is 24.0 Å². The summed E-state index contributed by atoms with van der Waals surface area (Å²) in [5, 5.41) is 13.6. The molecule has 9 heteroatoms. The Hall–Kier alpha value is -2.81. The van der Waals surface area contributed by atoms with Crippen LogP contribution < -0.4 is 5.32 Å². The van der Waals surface area contributed by atoms with Crippen molar-refractivity contribution < 1.29 is 18.3 Å². The van der Waals surface area contributed by atoms with E-state index in [9.17, 15) is 18.3 Å². The Morgan fingerprint density at radius 3 is 2.55 bits per heavy atom. The van der Waals surface area contributed by atoms with Gasteiger partial charge in [0.05, 0.1) is 0 Å². The van der Waals surface area contributed by atoms with Gasteiger partial charge in [-0.15, -0.1) is 0 Å². The van der Waals surface area contributed by atoms with E-state index >= 15 is 0 Å². The van der Waals surface area contributed by atoms with Crippen molar-refractivity contribution in [3.8, 4) is 0 Å². The zero-order valence-electron chi connectivity index (χ0n) is 17.7. The number of hydrogen-bond donors (Lipinski definition) is 2. The molecule has 168 valence electrons. The second-order valence-electron chi connectivity index (χ2n) is 7.50. The first-order chi connectivity index (χ1) is 14.8. The molecule has 1 aromatic carbocycles. The quantitative estimate of drug-likeness (QED) is 0.540. The fourth-order valence-corrected chi connectivity index (χ4v) is 3.67. The van der Waals surface area contributed by atoms with Crippen molar-refractivity contribution in [3.63, 3.8) is 0 Å². The third-order valence-corrected chi connectivity index (χ3v) is 5.38. The lowest BCUT2D eigenvalue weighted by atomic mass is 9.98. The van der Waals surface area contributed by atoms with Gasteiger partial charge in [0, 0.05) is 52.0 Å². The molecule has 0 radical (unpaired) electrons. The number of guanidine groups is 1. The Kier molecular flexibility index (Phi) is 7.04. The van der Waals surface area contributed by atoms with Crippen LogP contribution in [0.15, 0.2) is 53.8 Å². The smallest absolute Gasteiger partial charge is 0.374 e. The van der Waals surface area contributed by atoms with Gasteiger partial charge in [-0.2, -0.15) is 13.2 Å². The van der Waals surface area contributed by atoms with E-state index in [0.29, 0.717) is 25.6 Å². The zero-order valence-corrected chi connectivity index (χ0v) is 17.7. The summed E-state index contributed by atoms with van der Waals surface area (Å²) in [6.07, 6.45) is 0.0704. The largest absolute Gasteiger partial charge is 0.424 e. The maximum atomic E-state index is 13.7. The predicted molar refractivity (Wildman–Crippen MR) is 114 cm³/mol. The fourth-order valence-electron chi connectivity index (χ4n) is 3.67. The number of halogens is 3. The maximum absolute atomic E-state index is 13.7.